The van der Waals surface area contributed by atoms with E-state index in [1.807, 2.05) is 47.5 Å². The lowest BCUT2D eigenvalue weighted by Crippen LogP contribution is -2.35. The van der Waals surface area contributed by atoms with Crippen LogP contribution in [0.4, 0.5) is 30.4 Å². The van der Waals surface area contributed by atoms with Crippen molar-refractivity contribution in [1.82, 2.24) is 19.7 Å². The molecule has 1 aliphatic heterocycles. The van der Waals surface area contributed by atoms with Crippen molar-refractivity contribution in [3.05, 3.63) is 66.9 Å². The van der Waals surface area contributed by atoms with E-state index in [1.54, 1.807) is 28.9 Å². The molecule has 3 heterocycles. The number of nitrogens with zero attached hydrogens (tertiary/aromatic N) is 5. The van der Waals surface area contributed by atoms with E-state index in [0.717, 1.165) is 17.2 Å². The smallest absolute Gasteiger partial charge is 0.299 e. The summed E-state index contributed by atoms with van der Waals surface area (Å²) in [5, 5.41) is 8.43. The number of hydrogen-bond donors (Lipinski definition) is 1. The maximum atomic E-state index is 12.7. The molecule has 30 heavy (non-hydrogen) atoms. The van der Waals surface area contributed by atoms with Gasteiger partial charge in [-0.25, -0.2) is 9.99 Å². The molecule has 4 aromatic rings. The molecule has 0 atom stereocenters. The Hall–Kier alpha value is -3.24. The van der Waals surface area contributed by atoms with Crippen molar-refractivity contribution in [3.8, 4) is 11.3 Å². The van der Waals surface area contributed by atoms with Crippen LogP contribution < -0.4 is 10.4 Å². The van der Waals surface area contributed by atoms with Crippen molar-refractivity contribution >= 4 is 34.6 Å². The van der Waals surface area contributed by atoms with Crippen molar-refractivity contribution in [2.24, 2.45) is 0 Å². The van der Waals surface area contributed by atoms with Gasteiger partial charge in [0.25, 0.3) is 0 Å². The van der Waals surface area contributed by atoms with Crippen molar-refractivity contribution in [1.29, 1.82) is 0 Å². The van der Waals surface area contributed by atoms with E-state index < -0.39 is 5.51 Å². The largest absolute Gasteiger partial charge is 0.446 e. The Morgan fingerprint density at radius 2 is 1.83 bits per heavy atom. The minimum Gasteiger partial charge on any atom is -0.299 e. The zero-order valence-electron chi connectivity index (χ0n) is 15.6. The van der Waals surface area contributed by atoms with E-state index in [2.05, 4.69) is 15.5 Å². The van der Waals surface area contributed by atoms with Crippen LogP contribution in [-0.4, -0.2) is 32.3 Å². The van der Waals surface area contributed by atoms with Crippen LogP contribution in [0.3, 0.4) is 0 Å². The number of hydrogen-bond acceptors (Lipinski definition) is 6. The summed E-state index contributed by atoms with van der Waals surface area (Å²) in [5.74, 6) is 0.743. The molecule has 10 heteroatoms. The Labute approximate surface area is 173 Å². The van der Waals surface area contributed by atoms with E-state index in [1.165, 1.54) is 12.1 Å². The van der Waals surface area contributed by atoms with Gasteiger partial charge >= 0.3 is 5.51 Å². The predicted octanol–water partition coefficient (Wildman–Crippen LogP) is 5.33. The van der Waals surface area contributed by atoms with Crippen LogP contribution in [-0.2, 0) is 0 Å². The molecule has 0 spiro atoms. The number of aromatic nitrogens is 3. The van der Waals surface area contributed by atoms with Crippen LogP contribution in [0.5, 0.6) is 0 Å². The summed E-state index contributed by atoms with van der Waals surface area (Å²) in [6, 6.07) is 17.7. The second kappa shape index (κ2) is 6.92. The highest BCUT2D eigenvalue weighted by molar-refractivity contribution is 8.00. The quantitative estimate of drug-likeness (QED) is 0.445. The topological polar surface area (TPSA) is 48.7 Å². The molecule has 0 radical (unpaired) electrons. The van der Waals surface area contributed by atoms with Gasteiger partial charge in [-0.2, -0.15) is 22.8 Å². The molecule has 0 aliphatic carbocycles. The number of para-hydroxylation sites is 2. The average molecular weight is 428 g/mol. The van der Waals surface area contributed by atoms with Gasteiger partial charge in [0.15, 0.2) is 11.5 Å². The number of halogens is 3. The minimum atomic E-state index is -4.34. The SMILES string of the molecule is CN1Nc2ccccc2N1c1ccnc2cc(-c3cccc(SC(F)(F)F)c3)nn12. The zero-order chi connectivity index (χ0) is 20.9. The number of benzene rings is 2. The molecule has 0 unspecified atom stereocenters. The lowest BCUT2D eigenvalue weighted by atomic mass is 10.1. The molecule has 0 bridgehead atoms. The highest BCUT2D eigenvalue weighted by atomic mass is 32.2. The molecule has 0 saturated heterocycles. The minimum absolute atomic E-state index is 0.114. The third-order valence-electron chi connectivity index (χ3n) is 4.63. The van der Waals surface area contributed by atoms with Crippen LogP contribution in [0.25, 0.3) is 16.9 Å². The summed E-state index contributed by atoms with van der Waals surface area (Å²) in [5.41, 5.74) is 2.56. The van der Waals surface area contributed by atoms with E-state index in [0.29, 0.717) is 16.9 Å². The predicted molar refractivity (Wildman–Crippen MR) is 110 cm³/mol. The van der Waals surface area contributed by atoms with Crippen LogP contribution in [0, 0.1) is 0 Å². The van der Waals surface area contributed by atoms with Crippen molar-refractivity contribution < 1.29 is 13.2 Å². The molecule has 0 saturated carbocycles. The van der Waals surface area contributed by atoms with Gasteiger partial charge in [-0.3, -0.25) is 5.43 Å². The molecule has 2 aromatic carbocycles. The Kier molecular flexibility index (Phi) is 4.33. The fourth-order valence-corrected chi connectivity index (χ4v) is 4.05. The van der Waals surface area contributed by atoms with Gasteiger partial charge in [-0.15, -0.1) is 5.12 Å². The third-order valence-corrected chi connectivity index (χ3v) is 5.35. The van der Waals surface area contributed by atoms with Crippen LogP contribution in [0.1, 0.15) is 0 Å². The molecular formula is C20H15F3N6S. The fourth-order valence-electron chi connectivity index (χ4n) is 3.45. The Bertz CT molecular complexity index is 1240. The molecule has 1 N–H and O–H groups in total. The monoisotopic (exact) mass is 428 g/mol. The molecule has 1 aliphatic rings. The summed E-state index contributed by atoms with van der Waals surface area (Å²) in [6.07, 6.45) is 1.68. The number of hydrazine groups is 2. The molecule has 5 rings (SSSR count). The Morgan fingerprint density at radius 3 is 2.67 bits per heavy atom. The number of nitrogens with one attached hydrogen (secondary N) is 1. The molecule has 2 aromatic heterocycles. The Balaban J connectivity index is 1.58. The molecular weight excluding hydrogens is 413 g/mol. The van der Waals surface area contributed by atoms with Crippen molar-refractivity contribution in [2.75, 3.05) is 17.5 Å². The first-order chi connectivity index (χ1) is 14.4. The molecule has 0 amide bonds. The lowest BCUT2D eigenvalue weighted by molar-refractivity contribution is -0.0328. The number of fused-ring (bicyclic) bond motifs is 2. The first-order valence-electron chi connectivity index (χ1n) is 8.99. The van der Waals surface area contributed by atoms with Crippen LogP contribution in [0.2, 0.25) is 0 Å². The first kappa shape index (κ1) is 18.8. The number of thioether (sulfide) groups is 1. The third kappa shape index (κ3) is 3.33. The number of alkyl halides is 3. The molecule has 0 fully saturated rings. The maximum Gasteiger partial charge on any atom is 0.446 e. The van der Waals surface area contributed by atoms with E-state index >= 15 is 0 Å². The summed E-state index contributed by atoms with van der Waals surface area (Å²) in [4.78, 5) is 4.49. The van der Waals surface area contributed by atoms with Gasteiger partial charge in [0.05, 0.1) is 17.1 Å². The summed E-state index contributed by atoms with van der Waals surface area (Å²) >= 11 is -0.141. The first-order valence-corrected chi connectivity index (χ1v) is 9.81. The van der Waals surface area contributed by atoms with Gasteiger partial charge in [0.2, 0.25) is 0 Å². The van der Waals surface area contributed by atoms with Gasteiger partial charge in [-0.1, -0.05) is 24.3 Å². The normalized spacial score (nSPS) is 14.2. The lowest BCUT2D eigenvalue weighted by Gasteiger charge is -2.25. The fraction of sp³-hybridized carbons (Fsp3) is 0.100. The van der Waals surface area contributed by atoms with Gasteiger partial charge in [-0.05, 0) is 36.0 Å². The second-order valence-electron chi connectivity index (χ2n) is 6.64. The summed E-state index contributed by atoms with van der Waals surface area (Å²) in [6.45, 7) is 0. The maximum absolute atomic E-state index is 12.7. The standard InChI is InChI=1S/C20H15F3N6S/c1-27-25-15-7-2-3-8-17(15)29(27)19-9-10-24-18-12-16(26-28(18)19)13-5-4-6-14(11-13)30-20(21,22)23/h2-12,25H,1H3. The van der Waals surface area contributed by atoms with E-state index in [9.17, 15) is 13.2 Å². The van der Waals surface area contributed by atoms with Gasteiger partial charge < -0.3 is 0 Å². The zero-order valence-corrected chi connectivity index (χ0v) is 16.4. The van der Waals surface area contributed by atoms with Gasteiger partial charge in [0.1, 0.15) is 0 Å². The highest BCUT2D eigenvalue weighted by Crippen LogP contribution is 2.40. The van der Waals surface area contributed by atoms with Crippen molar-refractivity contribution in [2.45, 2.75) is 10.4 Å². The molecule has 6 nitrogen and oxygen atoms in total. The molecule has 152 valence electrons. The number of rotatable bonds is 3. The van der Waals surface area contributed by atoms with E-state index in [-0.39, 0.29) is 16.7 Å². The highest BCUT2D eigenvalue weighted by Gasteiger charge is 2.30. The van der Waals surface area contributed by atoms with Crippen LogP contribution in [0.15, 0.2) is 71.8 Å². The second-order valence-corrected chi connectivity index (χ2v) is 7.78. The van der Waals surface area contributed by atoms with Crippen LogP contribution >= 0.6 is 11.8 Å². The summed E-state index contributed by atoms with van der Waals surface area (Å²) in [7, 11) is 1.88. The average Bonchev–Trinajstić information content (AvgIpc) is 3.27. The Morgan fingerprint density at radius 1 is 1.00 bits per heavy atom. The number of anilines is 3. The van der Waals surface area contributed by atoms with Crippen molar-refractivity contribution in [3.63, 3.8) is 0 Å². The summed E-state index contributed by atoms with van der Waals surface area (Å²) < 4.78 is 39.9. The van der Waals surface area contributed by atoms with E-state index in [4.69, 9.17) is 0 Å². The van der Waals surface area contributed by atoms with Gasteiger partial charge in [0, 0.05) is 35.8 Å².